The summed E-state index contributed by atoms with van der Waals surface area (Å²) < 4.78 is 26.6. The Labute approximate surface area is 122 Å². The minimum Gasteiger partial charge on any atom is -0.396 e. The van der Waals surface area contributed by atoms with Crippen LogP contribution in [0.3, 0.4) is 0 Å². The van der Waals surface area contributed by atoms with Crippen molar-refractivity contribution >= 4 is 27.9 Å². The van der Waals surface area contributed by atoms with Gasteiger partial charge in [-0.1, -0.05) is 0 Å². The van der Waals surface area contributed by atoms with Crippen molar-refractivity contribution in [1.82, 2.24) is 0 Å². The molecule has 0 saturated carbocycles. The van der Waals surface area contributed by atoms with Gasteiger partial charge in [0, 0.05) is 12.1 Å². The number of amides is 1. The molecule has 5 nitrogen and oxygen atoms in total. The van der Waals surface area contributed by atoms with Gasteiger partial charge in [0.05, 0.1) is 11.3 Å². The number of primary amides is 1. The number of benzene rings is 1. The number of rotatable bonds is 4. The number of nitrogens with zero attached hydrogens (tertiary/aromatic N) is 1. The molecule has 0 aliphatic heterocycles. The summed E-state index contributed by atoms with van der Waals surface area (Å²) in [7, 11) is 0. The van der Waals surface area contributed by atoms with Gasteiger partial charge in [-0.2, -0.15) is 5.26 Å². The van der Waals surface area contributed by atoms with Crippen molar-refractivity contribution in [2.45, 2.75) is 6.54 Å². The third kappa shape index (κ3) is 2.93. The van der Waals surface area contributed by atoms with Crippen LogP contribution in [-0.2, 0) is 6.54 Å². The van der Waals surface area contributed by atoms with Gasteiger partial charge in [0.2, 0.25) is 0 Å². The first-order chi connectivity index (χ1) is 9.93. The van der Waals surface area contributed by atoms with Crippen LogP contribution in [-0.4, -0.2) is 5.91 Å². The smallest absolute Gasteiger partial charge is 0.253 e. The molecule has 1 aromatic heterocycles. The Bertz CT molecular complexity index is 751. The molecule has 2 rings (SSSR count). The van der Waals surface area contributed by atoms with Crippen molar-refractivity contribution in [3.05, 3.63) is 45.8 Å². The SMILES string of the molecule is N#Cc1sc(NCc2cc(F)ccc2F)c(C(N)=O)c1N. The number of carbonyl (C=O) groups excluding carboxylic acids is 1. The highest BCUT2D eigenvalue weighted by atomic mass is 32.1. The fourth-order valence-corrected chi connectivity index (χ4v) is 2.67. The number of nitriles is 1. The second kappa shape index (κ2) is 5.76. The van der Waals surface area contributed by atoms with Crippen LogP contribution in [0.25, 0.3) is 0 Å². The molecule has 108 valence electrons. The predicted octanol–water partition coefficient (Wildman–Crippen LogP) is 2.19. The van der Waals surface area contributed by atoms with E-state index in [2.05, 4.69) is 5.32 Å². The van der Waals surface area contributed by atoms with E-state index in [9.17, 15) is 13.6 Å². The van der Waals surface area contributed by atoms with Gasteiger partial charge < -0.3 is 16.8 Å². The van der Waals surface area contributed by atoms with Crippen LogP contribution in [0.2, 0.25) is 0 Å². The highest BCUT2D eigenvalue weighted by Gasteiger charge is 2.20. The minimum atomic E-state index is -0.799. The van der Waals surface area contributed by atoms with Crippen LogP contribution in [0.15, 0.2) is 18.2 Å². The monoisotopic (exact) mass is 308 g/mol. The van der Waals surface area contributed by atoms with Crippen molar-refractivity contribution in [2.24, 2.45) is 5.73 Å². The number of nitrogen functional groups attached to an aromatic ring is 1. The molecule has 0 aliphatic carbocycles. The van der Waals surface area contributed by atoms with Crippen LogP contribution >= 0.6 is 11.3 Å². The summed E-state index contributed by atoms with van der Waals surface area (Å²) in [6.45, 7) is -0.0747. The molecule has 2 aromatic rings. The van der Waals surface area contributed by atoms with Gasteiger partial charge >= 0.3 is 0 Å². The molecular weight excluding hydrogens is 298 g/mol. The molecule has 1 heterocycles. The average Bonchev–Trinajstić information content (AvgIpc) is 2.76. The Hall–Kier alpha value is -2.66. The average molecular weight is 308 g/mol. The second-order valence-corrected chi connectivity index (χ2v) is 5.13. The Balaban J connectivity index is 2.30. The number of anilines is 2. The molecule has 1 amide bonds. The van der Waals surface area contributed by atoms with Gasteiger partial charge in [-0.25, -0.2) is 8.78 Å². The molecule has 0 radical (unpaired) electrons. The van der Waals surface area contributed by atoms with Gasteiger partial charge in [0.15, 0.2) is 0 Å². The van der Waals surface area contributed by atoms with E-state index < -0.39 is 17.5 Å². The quantitative estimate of drug-likeness (QED) is 0.805. The summed E-state index contributed by atoms with van der Waals surface area (Å²) in [6, 6.07) is 4.89. The fourth-order valence-electron chi connectivity index (χ4n) is 1.75. The Kier molecular flexibility index (Phi) is 4.05. The Morgan fingerprint density at radius 1 is 1.43 bits per heavy atom. The molecule has 0 fully saturated rings. The van der Waals surface area contributed by atoms with E-state index in [1.165, 1.54) is 0 Å². The number of carbonyl (C=O) groups is 1. The summed E-state index contributed by atoms with van der Waals surface area (Å²) in [5, 5.41) is 11.9. The number of nitrogens with two attached hydrogens (primary N) is 2. The number of nitrogens with one attached hydrogen (secondary N) is 1. The lowest BCUT2D eigenvalue weighted by atomic mass is 10.2. The van der Waals surface area contributed by atoms with Crippen LogP contribution in [0, 0.1) is 23.0 Å². The van der Waals surface area contributed by atoms with Crippen molar-refractivity contribution in [2.75, 3.05) is 11.1 Å². The lowest BCUT2D eigenvalue weighted by Gasteiger charge is -2.07. The van der Waals surface area contributed by atoms with Crippen molar-refractivity contribution in [1.29, 1.82) is 5.26 Å². The van der Waals surface area contributed by atoms with Gasteiger partial charge in [-0.3, -0.25) is 4.79 Å². The van der Waals surface area contributed by atoms with Crippen molar-refractivity contribution in [3.63, 3.8) is 0 Å². The largest absolute Gasteiger partial charge is 0.396 e. The predicted molar refractivity (Wildman–Crippen MR) is 75.6 cm³/mol. The van der Waals surface area contributed by atoms with Gasteiger partial charge in [0.25, 0.3) is 5.91 Å². The van der Waals surface area contributed by atoms with Crippen LogP contribution in [0.4, 0.5) is 19.5 Å². The van der Waals surface area contributed by atoms with E-state index in [0.717, 1.165) is 29.5 Å². The molecule has 21 heavy (non-hydrogen) atoms. The molecule has 1 aromatic carbocycles. The lowest BCUT2D eigenvalue weighted by molar-refractivity contribution is 0.100. The molecule has 0 spiro atoms. The fraction of sp³-hybridized carbons (Fsp3) is 0.0769. The maximum atomic E-state index is 13.5. The molecule has 5 N–H and O–H groups in total. The van der Waals surface area contributed by atoms with E-state index in [0.29, 0.717) is 0 Å². The van der Waals surface area contributed by atoms with Crippen molar-refractivity contribution < 1.29 is 13.6 Å². The Morgan fingerprint density at radius 3 is 2.76 bits per heavy atom. The normalized spacial score (nSPS) is 10.1. The van der Waals surface area contributed by atoms with E-state index in [1.807, 2.05) is 6.07 Å². The van der Waals surface area contributed by atoms with Gasteiger partial charge in [0.1, 0.15) is 27.6 Å². The number of hydrogen-bond acceptors (Lipinski definition) is 5. The zero-order valence-electron chi connectivity index (χ0n) is 10.6. The summed E-state index contributed by atoms with van der Waals surface area (Å²) in [6.07, 6.45) is 0. The van der Waals surface area contributed by atoms with E-state index >= 15 is 0 Å². The number of thiophene rings is 1. The summed E-state index contributed by atoms with van der Waals surface area (Å²) >= 11 is 0.929. The first kappa shape index (κ1) is 14.7. The topological polar surface area (TPSA) is 105 Å². The zero-order chi connectivity index (χ0) is 15.6. The van der Waals surface area contributed by atoms with E-state index in [1.54, 1.807) is 0 Å². The van der Waals surface area contributed by atoms with Crippen molar-refractivity contribution in [3.8, 4) is 6.07 Å². The van der Waals surface area contributed by atoms with Crippen LogP contribution in [0.5, 0.6) is 0 Å². The summed E-state index contributed by atoms with van der Waals surface area (Å²) in [5.74, 6) is -1.96. The first-order valence-electron chi connectivity index (χ1n) is 5.74. The highest BCUT2D eigenvalue weighted by molar-refractivity contribution is 7.17. The molecule has 0 saturated heterocycles. The number of halogens is 2. The third-order valence-corrected chi connectivity index (χ3v) is 3.81. The standard InChI is InChI=1S/C13H10F2N4OS/c14-7-1-2-8(15)6(3-7)5-19-13-10(12(18)20)11(17)9(4-16)21-13/h1-3,19H,5,17H2,(H2,18,20). The molecule has 0 unspecified atom stereocenters. The molecule has 0 bridgehead atoms. The molecule has 0 aliphatic rings. The molecule has 8 heteroatoms. The third-order valence-electron chi connectivity index (χ3n) is 2.74. The summed E-state index contributed by atoms with van der Waals surface area (Å²) in [5.41, 5.74) is 10.9. The molecule has 0 atom stereocenters. The van der Waals surface area contributed by atoms with E-state index in [4.69, 9.17) is 16.7 Å². The van der Waals surface area contributed by atoms with Crippen LogP contribution < -0.4 is 16.8 Å². The summed E-state index contributed by atoms with van der Waals surface area (Å²) in [4.78, 5) is 11.5. The highest BCUT2D eigenvalue weighted by Crippen LogP contribution is 2.35. The molecular formula is C13H10F2N4OS. The van der Waals surface area contributed by atoms with Gasteiger partial charge in [-0.05, 0) is 18.2 Å². The second-order valence-electron chi connectivity index (χ2n) is 4.11. The van der Waals surface area contributed by atoms with E-state index in [-0.39, 0.29) is 33.2 Å². The Morgan fingerprint density at radius 2 is 2.14 bits per heavy atom. The van der Waals surface area contributed by atoms with Crippen LogP contribution in [0.1, 0.15) is 20.8 Å². The maximum Gasteiger partial charge on any atom is 0.253 e. The number of hydrogen-bond donors (Lipinski definition) is 3. The first-order valence-corrected chi connectivity index (χ1v) is 6.55. The lowest BCUT2D eigenvalue weighted by Crippen LogP contribution is -2.15. The maximum absolute atomic E-state index is 13.5. The van der Waals surface area contributed by atoms with Gasteiger partial charge in [-0.15, -0.1) is 11.3 Å². The minimum absolute atomic E-state index is 0.0165. The zero-order valence-corrected chi connectivity index (χ0v) is 11.4.